The third-order valence-electron chi connectivity index (χ3n) is 4.36. The van der Waals surface area contributed by atoms with Crippen molar-refractivity contribution in [3.05, 3.63) is 53.3 Å². The molecule has 0 bridgehead atoms. The minimum Gasteiger partial charge on any atom is -0.860 e. The van der Waals surface area contributed by atoms with Gasteiger partial charge < -0.3 is 14.9 Å². The second-order valence-electron chi connectivity index (χ2n) is 5.91. The van der Waals surface area contributed by atoms with Crippen LogP contribution in [0, 0.1) is 0 Å². The van der Waals surface area contributed by atoms with E-state index in [0.717, 1.165) is 31.0 Å². The van der Waals surface area contributed by atoms with E-state index in [9.17, 15) is 13.5 Å². The van der Waals surface area contributed by atoms with Gasteiger partial charge in [-0.2, -0.15) is 12.8 Å². The number of sulfonamides is 1. The average molecular weight is 380 g/mol. The fourth-order valence-corrected chi connectivity index (χ4v) is 4.84. The monoisotopic (exact) mass is 379 g/mol. The molecule has 1 aliphatic heterocycles. The van der Waals surface area contributed by atoms with Crippen LogP contribution in [0.5, 0.6) is 0 Å². The van der Waals surface area contributed by atoms with Crippen molar-refractivity contribution in [2.45, 2.75) is 11.1 Å². The first-order chi connectivity index (χ1) is 12.0. The van der Waals surface area contributed by atoms with Crippen LogP contribution in [0.2, 0.25) is 0 Å². The maximum absolute atomic E-state index is 12.9. The molecule has 25 heavy (non-hydrogen) atoms. The number of likely N-dealkylation sites (N-methyl/N-ethyl adjacent to an activating group) is 1. The summed E-state index contributed by atoms with van der Waals surface area (Å²) < 4.78 is 28.9. The lowest BCUT2D eigenvalue weighted by Gasteiger charge is -2.38. The van der Waals surface area contributed by atoms with Gasteiger partial charge in [0.1, 0.15) is 4.21 Å². The summed E-state index contributed by atoms with van der Waals surface area (Å²) in [5.41, 5.74) is 0.536. The van der Waals surface area contributed by atoms with E-state index in [1.54, 1.807) is 40.7 Å². The highest BCUT2D eigenvalue weighted by Crippen LogP contribution is 2.21. The lowest BCUT2D eigenvalue weighted by Crippen LogP contribution is -3.14. The van der Waals surface area contributed by atoms with Crippen LogP contribution in [-0.2, 0) is 10.0 Å². The summed E-state index contributed by atoms with van der Waals surface area (Å²) in [5, 5.41) is 14.5. The molecule has 2 heterocycles. The van der Waals surface area contributed by atoms with E-state index >= 15 is 0 Å². The van der Waals surface area contributed by atoms with Gasteiger partial charge in [0.2, 0.25) is 0 Å². The zero-order valence-corrected chi connectivity index (χ0v) is 15.6. The van der Waals surface area contributed by atoms with E-state index in [1.165, 1.54) is 11.0 Å². The number of nitrogens with zero attached hydrogens (tertiary/aromatic N) is 2. The number of quaternary nitrogens is 1. The van der Waals surface area contributed by atoms with E-state index in [1.807, 2.05) is 0 Å². The molecule has 1 aliphatic carbocycles. The molecule has 6 nitrogen and oxygen atoms in total. The Morgan fingerprint density at radius 3 is 2.68 bits per heavy atom. The second-order valence-corrected chi connectivity index (χ2v) is 8.69. The van der Waals surface area contributed by atoms with Crippen LogP contribution in [0.25, 0.3) is 0 Å². The molecule has 3 rings (SSSR count). The zero-order chi connectivity index (χ0) is 17.9. The van der Waals surface area contributed by atoms with Crippen molar-refractivity contribution < 1.29 is 18.4 Å². The number of piperazine rings is 1. The van der Waals surface area contributed by atoms with E-state index in [-0.39, 0.29) is 15.8 Å². The fourth-order valence-electron chi connectivity index (χ4n) is 2.87. The van der Waals surface area contributed by atoms with Crippen molar-refractivity contribution in [1.82, 2.24) is 4.90 Å². The first-order valence-electron chi connectivity index (χ1n) is 8.24. The first kappa shape index (κ1) is 17.9. The summed E-state index contributed by atoms with van der Waals surface area (Å²) in [6, 6.07) is 3.18. The molecule has 1 aromatic heterocycles. The Bertz CT molecular complexity index is 828. The number of allylic oxidation sites excluding steroid dienone is 5. The van der Waals surface area contributed by atoms with Gasteiger partial charge in [-0.25, -0.2) is 0 Å². The topological polar surface area (TPSA) is 77.2 Å². The number of hydrogen-bond acceptors (Lipinski definition) is 5. The Hall–Kier alpha value is -1.90. The van der Waals surface area contributed by atoms with Gasteiger partial charge in [0.15, 0.2) is 0 Å². The Morgan fingerprint density at radius 2 is 2.04 bits per heavy atom. The standard InChI is InChI=1S/C17H21N3O3S2/c1-2-19-9-11-20(12-10-19)17(21)14-6-3-4-7-15(14)18-25(22,23)16-8-5-13-24-16/h3-8,13,21H,2,9-12H2,1H3. The number of rotatable bonds is 4. The van der Waals surface area contributed by atoms with Crippen molar-refractivity contribution in [2.75, 3.05) is 32.7 Å². The SMILES string of the molecule is CC[NH+]1CCN(C([O-])=C2C=CC=CC2=NS(=O)(=O)c2cccs2)CC1. The third-order valence-corrected chi connectivity index (χ3v) is 7.02. The lowest BCUT2D eigenvalue weighted by molar-refractivity contribution is -0.902. The van der Waals surface area contributed by atoms with Gasteiger partial charge in [-0.1, -0.05) is 24.3 Å². The average Bonchev–Trinajstić information content (AvgIpc) is 3.17. The minimum atomic E-state index is -3.80. The molecular weight excluding hydrogens is 358 g/mol. The van der Waals surface area contributed by atoms with Crippen LogP contribution in [0.4, 0.5) is 0 Å². The van der Waals surface area contributed by atoms with E-state index in [2.05, 4.69) is 11.3 Å². The number of thiophene rings is 1. The molecule has 1 fully saturated rings. The van der Waals surface area contributed by atoms with Crippen molar-refractivity contribution in [1.29, 1.82) is 0 Å². The van der Waals surface area contributed by atoms with E-state index in [0.29, 0.717) is 18.7 Å². The molecule has 8 heteroatoms. The van der Waals surface area contributed by atoms with Gasteiger partial charge in [-0.05, 0) is 30.3 Å². The van der Waals surface area contributed by atoms with Crippen LogP contribution < -0.4 is 10.0 Å². The molecule has 0 unspecified atom stereocenters. The molecule has 0 radical (unpaired) electrons. The summed E-state index contributed by atoms with van der Waals surface area (Å²) in [7, 11) is -3.80. The summed E-state index contributed by atoms with van der Waals surface area (Å²) in [4.78, 5) is 3.26. The number of nitrogens with one attached hydrogen (secondary N) is 1. The molecule has 1 N–H and O–H groups in total. The van der Waals surface area contributed by atoms with Crippen LogP contribution >= 0.6 is 11.3 Å². The molecule has 0 spiro atoms. The van der Waals surface area contributed by atoms with Crippen molar-refractivity contribution >= 4 is 27.1 Å². The summed E-state index contributed by atoms with van der Waals surface area (Å²) in [6.45, 7) is 6.36. The molecule has 134 valence electrons. The maximum atomic E-state index is 12.9. The van der Waals surface area contributed by atoms with Gasteiger partial charge in [-0.3, -0.25) is 0 Å². The highest BCUT2D eigenvalue weighted by atomic mass is 32.2. The summed E-state index contributed by atoms with van der Waals surface area (Å²) in [5.74, 6) is -0.157. The molecule has 2 aliphatic rings. The van der Waals surface area contributed by atoms with Crippen molar-refractivity contribution in [3.63, 3.8) is 0 Å². The molecule has 0 saturated carbocycles. The largest absolute Gasteiger partial charge is 0.860 e. The predicted molar refractivity (Wildman–Crippen MR) is 97.1 cm³/mol. The summed E-state index contributed by atoms with van der Waals surface area (Å²) >= 11 is 1.11. The smallest absolute Gasteiger partial charge is 0.292 e. The van der Waals surface area contributed by atoms with Gasteiger partial charge in [0.05, 0.1) is 38.4 Å². The van der Waals surface area contributed by atoms with E-state index < -0.39 is 10.0 Å². The highest BCUT2D eigenvalue weighted by molar-refractivity contribution is 7.92. The van der Waals surface area contributed by atoms with Gasteiger partial charge in [0, 0.05) is 5.57 Å². The van der Waals surface area contributed by atoms with Gasteiger partial charge in [-0.15, -0.1) is 11.3 Å². The van der Waals surface area contributed by atoms with E-state index in [4.69, 9.17) is 0 Å². The van der Waals surface area contributed by atoms with Crippen LogP contribution in [-0.4, -0.2) is 51.8 Å². The Morgan fingerprint density at radius 1 is 1.32 bits per heavy atom. The lowest BCUT2D eigenvalue weighted by atomic mass is 10.1. The molecule has 0 aromatic carbocycles. The Balaban J connectivity index is 1.90. The summed E-state index contributed by atoms with van der Waals surface area (Å²) in [6.07, 6.45) is 6.65. The highest BCUT2D eigenvalue weighted by Gasteiger charge is 2.21. The molecular formula is C17H21N3O3S2. The maximum Gasteiger partial charge on any atom is 0.292 e. The zero-order valence-electron chi connectivity index (χ0n) is 14.0. The normalized spacial score (nSPS) is 22.6. The third kappa shape index (κ3) is 4.02. The minimum absolute atomic E-state index is 0.157. The Labute approximate surface area is 152 Å². The predicted octanol–water partition coefficient (Wildman–Crippen LogP) is -0.204. The molecule has 1 saturated heterocycles. The van der Waals surface area contributed by atoms with Crippen molar-refractivity contribution in [3.8, 4) is 0 Å². The molecule has 0 atom stereocenters. The van der Waals surface area contributed by atoms with Gasteiger partial charge in [0.25, 0.3) is 10.0 Å². The van der Waals surface area contributed by atoms with Crippen LogP contribution in [0.15, 0.2) is 61.9 Å². The van der Waals surface area contributed by atoms with Crippen LogP contribution in [0.1, 0.15) is 6.92 Å². The quantitative estimate of drug-likeness (QED) is 0.735. The number of hydrogen-bond donors (Lipinski definition) is 1. The van der Waals surface area contributed by atoms with Crippen molar-refractivity contribution in [2.24, 2.45) is 4.40 Å². The molecule has 1 aromatic rings. The second kappa shape index (κ2) is 7.55. The first-order valence-corrected chi connectivity index (χ1v) is 10.6. The molecule has 0 amide bonds. The van der Waals surface area contributed by atoms with Crippen LogP contribution in [0.3, 0.4) is 0 Å². The van der Waals surface area contributed by atoms with Gasteiger partial charge >= 0.3 is 0 Å². The fraction of sp³-hybridized carbons (Fsp3) is 0.353. The Kier molecular flexibility index (Phi) is 5.41.